The van der Waals surface area contributed by atoms with Crippen molar-refractivity contribution < 1.29 is 14.3 Å². The highest BCUT2D eigenvalue weighted by atomic mass is 35.5. The first-order valence-electron chi connectivity index (χ1n) is 6.30. The highest BCUT2D eigenvalue weighted by molar-refractivity contribution is 6.32. The Morgan fingerprint density at radius 1 is 1.32 bits per heavy atom. The third kappa shape index (κ3) is 3.01. The van der Waals surface area contributed by atoms with Crippen LogP contribution in [0, 0.1) is 0 Å². The van der Waals surface area contributed by atoms with Gasteiger partial charge in [-0.3, -0.25) is 4.79 Å². The molecule has 0 spiro atoms. The van der Waals surface area contributed by atoms with Gasteiger partial charge in [-0.2, -0.15) is 0 Å². The summed E-state index contributed by atoms with van der Waals surface area (Å²) >= 11 is 6.12. The summed E-state index contributed by atoms with van der Waals surface area (Å²) in [6, 6.07) is 3.94. The van der Waals surface area contributed by atoms with E-state index in [1.165, 1.54) is 6.08 Å². The third-order valence-corrected chi connectivity index (χ3v) is 3.25. The first-order valence-corrected chi connectivity index (χ1v) is 6.68. The second-order valence-corrected chi connectivity index (χ2v) is 5.05. The van der Waals surface area contributed by atoms with Crippen molar-refractivity contribution in [3.05, 3.63) is 28.8 Å². The van der Waals surface area contributed by atoms with Gasteiger partial charge in [-0.05, 0) is 36.6 Å². The smallest absolute Gasteiger partial charge is 0.244 e. The van der Waals surface area contributed by atoms with Crippen molar-refractivity contribution >= 4 is 23.6 Å². The molecule has 2 aliphatic rings. The van der Waals surface area contributed by atoms with Gasteiger partial charge in [0.25, 0.3) is 0 Å². The predicted octanol–water partition coefficient (Wildman–Crippen LogP) is 2.40. The summed E-state index contributed by atoms with van der Waals surface area (Å²) in [5.41, 5.74) is 0.820. The molecule has 4 nitrogen and oxygen atoms in total. The molecular formula is C14H14ClNO3. The molecule has 100 valence electrons. The van der Waals surface area contributed by atoms with Crippen LogP contribution in [-0.4, -0.2) is 25.2 Å². The summed E-state index contributed by atoms with van der Waals surface area (Å²) in [6.45, 7) is 1.02. The SMILES string of the molecule is O=C(/C=C/c1cc(Cl)c2c(c1)OCCO2)NC1CC1. The number of rotatable bonds is 3. The van der Waals surface area contributed by atoms with Gasteiger partial charge in [0.05, 0.1) is 5.02 Å². The highest BCUT2D eigenvalue weighted by Crippen LogP contribution is 2.38. The molecule has 1 N–H and O–H groups in total. The third-order valence-electron chi connectivity index (χ3n) is 2.97. The fraction of sp³-hybridized carbons (Fsp3) is 0.357. The zero-order valence-electron chi connectivity index (χ0n) is 10.3. The van der Waals surface area contributed by atoms with E-state index >= 15 is 0 Å². The largest absolute Gasteiger partial charge is 0.486 e. The molecule has 0 aromatic heterocycles. The van der Waals surface area contributed by atoms with Crippen molar-refractivity contribution in [2.75, 3.05) is 13.2 Å². The van der Waals surface area contributed by atoms with E-state index in [1.807, 2.05) is 6.07 Å². The maximum Gasteiger partial charge on any atom is 0.244 e. The fourth-order valence-electron chi connectivity index (χ4n) is 1.88. The molecule has 3 rings (SSSR count). The summed E-state index contributed by atoms with van der Waals surface area (Å²) in [5, 5.41) is 3.39. The lowest BCUT2D eigenvalue weighted by atomic mass is 10.1. The number of ether oxygens (including phenoxy) is 2. The van der Waals surface area contributed by atoms with E-state index in [-0.39, 0.29) is 5.91 Å². The van der Waals surface area contributed by atoms with E-state index in [0.29, 0.717) is 35.8 Å². The van der Waals surface area contributed by atoms with Crippen LogP contribution in [0.3, 0.4) is 0 Å². The quantitative estimate of drug-likeness (QED) is 0.865. The second-order valence-electron chi connectivity index (χ2n) is 4.64. The summed E-state index contributed by atoms with van der Waals surface area (Å²) < 4.78 is 10.9. The van der Waals surface area contributed by atoms with E-state index in [9.17, 15) is 4.79 Å². The van der Waals surface area contributed by atoms with E-state index in [1.54, 1.807) is 12.1 Å². The average molecular weight is 280 g/mol. The Bertz CT molecular complexity index is 538. The standard InChI is InChI=1S/C14H14ClNO3/c15-11-7-9(1-4-13(17)16-10-2-3-10)8-12-14(11)19-6-5-18-12/h1,4,7-8,10H,2-3,5-6H2,(H,16,17)/b4-1+. The number of nitrogens with one attached hydrogen (secondary N) is 1. The molecule has 0 atom stereocenters. The highest BCUT2D eigenvalue weighted by Gasteiger charge is 2.22. The van der Waals surface area contributed by atoms with Crippen LogP contribution in [0.5, 0.6) is 11.5 Å². The molecule has 0 saturated heterocycles. The van der Waals surface area contributed by atoms with Gasteiger partial charge in [-0.25, -0.2) is 0 Å². The molecule has 1 aromatic rings. The Kier molecular flexibility index (Phi) is 3.34. The maximum absolute atomic E-state index is 11.6. The first-order chi connectivity index (χ1) is 9.22. The topological polar surface area (TPSA) is 47.6 Å². The molecule has 1 saturated carbocycles. The Morgan fingerprint density at radius 3 is 2.89 bits per heavy atom. The molecule has 0 unspecified atom stereocenters. The Labute approximate surface area is 116 Å². The van der Waals surface area contributed by atoms with Crippen LogP contribution in [0.2, 0.25) is 5.02 Å². The molecule has 19 heavy (non-hydrogen) atoms. The molecule has 1 heterocycles. The van der Waals surface area contributed by atoms with Gasteiger partial charge in [-0.1, -0.05) is 11.6 Å². The molecule has 1 amide bonds. The minimum atomic E-state index is -0.0755. The Morgan fingerprint density at radius 2 is 2.11 bits per heavy atom. The monoisotopic (exact) mass is 279 g/mol. The van der Waals surface area contributed by atoms with Gasteiger partial charge in [-0.15, -0.1) is 0 Å². The number of hydrogen-bond acceptors (Lipinski definition) is 3. The zero-order valence-corrected chi connectivity index (χ0v) is 11.1. The zero-order chi connectivity index (χ0) is 13.2. The van der Waals surface area contributed by atoms with Crippen molar-refractivity contribution in [2.24, 2.45) is 0 Å². The normalized spacial score (nSPS) is 17.5. The molecule has 1 aliphatic carbocycles. The number of carbonyl (C=O) groups excluding carboxylic acids is 1. The minimum absolute atomic E-state index is 0.0755. The Balaban J connectivity index is 1.75. The molecule has 1 aliphatic heterocycles. The van der Waals surface area contributed by atoms with Crippen LogP contribution in [0.1, 0.15) is 18.4 Å². The van der Waals surface area contributed by atoms with Gasteiger partial charge in [0, 0.05) is 12.1 Å². The molecule has 5 heteroatoms. The summed E-state index contributed by atoms with van der Waals surface area (Å²) in [5.74, 6) is 1.13. The van der Waals surface area contributed by atoms with Crippen molar-refractivity contribution in [1.82, 2.24) is 5.32 Å². The lowest BCUT2D eigenvalue weighted by Crippen LogP contribution is -2.22. The van der Waals surface area contributed by atoms with Crippen LogP contribution >= 0.6 is 11.6 Å². The minimum Gasteiger partial charge on any atom is -0.486 e. The van der Waals surface area contributed by atoms with Gasteiger partial charge >= 0.3 is 0 Å². The van der Waals surface area contributed by atoms with Gasteiger partial charge < -0.3 is 14.8 Å². The van der Waals surface area contributed by atoms with E-state index in [0.717, 1.165) is 18.4 Å². The summed E-state index contributed by atoms with van der Waals surface area (Å²) in [4.78, 5) is 11.6. The number of halogens is 1. The van der Waals surface area contributed by atoms with E-state index in [4.69, 9.17) is 21.1 Å². The lowest BCUT2D eigenvalue weighted by Gasteiger charge is -2.19. The molecular weight excluding hydrogens is 266 g/mol. The van der Waals surface area contributed by atoms with Crippen molar-refractivity contribution in [3.8, 4) is 11.5 Å². The van der Waals surface area contributed by atoms with Crippen LogP contribution in [0.4, 0.5) is 0 Å². The number of carbonyl (C=O) groups is 1. The first kappa shape index (κ1) is 12.4. The van der Waals surface area contributed by atoms with E-state index in [2.05, 4.69) is 5.32 Å². The van der Waals surface area contributed by atoms with Crippen molar-refractivity contribution in [3.63, 3.8) is 0 Å². The number of hydrogen-bond donors (Lipinski definition) is 1. The molecule has 0 radical (unpaired) electrons. The molecule has 1 fully saturated rings. The molecule has 0 bridgehead atoms. The number of amides is 1. The van der Waals surface area contributed by atoms with Crippen LogP contribution in [0.25, 0.3) is 6.08 Å². The summed E-state index contributed by atoms with van der Waals surface area (Å²) in [7, 11) is 0. The number of benzene rings is 1. The van der Waals surface area contributed by atoms with Crippen LogP contribution in [-0.2, 0) is 4.79 Å². The fourth-order valence-corrected chi connectivity index (χ4v) is 2.15. The molecule has 1 aromatic carbocycles. The van der Waals surface area contributed by atoms with Crippen molar-refractivity contribution in [2.45, 2.75) is 18.9 Å². The van der Waals surface area contributed by atoms with Gasteiger partial charge in [0.2, 0.25) is 5.91 Å². The van der Waals surface area contributed by atoms with Gasteiger partial charge in [0.15, 0.2) is 11.5 Å². The Hall–Kier alpha value is -1.68. The van der Waals surface area contributed by atoms with Gasteiger partial charge in [0.1, 0.15) is 13.2 Å². The van der Waals surface area contributed by atoms with E-state index < -0.39 is 0 Å². The maximum atomic E-state index is 11.6. The van der Waals surface area contributed by atoms with Crippen LogP contribution in [0.15, 0.2) is 18.2 Å². The van der Waals surface area contributed by atoms with Crippen LogP contribution < -0.4 is 14.8 Å². The second kappa shape index (κ2) is 5.13. The van der Waals surface area contributed by atoms with Crippen molar-refractivity contribution in [1.29, 1.82) is 0 Å². The summed E-state index contributed by atoms with van der Waals surface area (Å²) in [6.07, 6.45) is 5.40. The average Bonchev–Trinajstić information content (AvgIpc) is 3.20. The number of fused-ring (bicyclic) bond motifs is 1. The predicted molar refractivity (Wildman–Crippen MR) is 72.6 cm³/mol. The lowest BCUT2D eigenvalue weighted by molar-refractivity contribution is -0.116.